The minimum Gasteiger partial charge on any atom is -0.462 e. The number of esters is 2. The summed E-state index contributed by atoms with van der Waals surface area (Å²) in [7, 11) is -4.39. The van der Waals surface area contributed by atoms with E-state index in [1.165, 1.54) is 96.3 Å². The summed E-state index contributed by atoms with van der Waals surface area (Å²) in [6.45, 7) is 3.50. The quantitative estimate of drug-likeness (QED) is 0.0275. The molecule has 300 valence electrons. The lowest BCUT2D eigenvalue weighted by Gasteiger charge is -2.19. The number of phosphoric ester groups is 1. The minimum atomic E-state index is -4.39. The van der Waals surface area contributed by atoms with Gasteiger partial charge in [-0.2, -0.15) is 0 Å². The average molecular weight is 752 g/mol. The van der Waals surface area contributed by atoms with E-state index < -0.39 is 32.5 Å². The molecule has 0 amide bonds. The molecular weight excluding hydrogens is 677 g/mol. The molecule has 52 heavy (non-hydrogen) atoms. The van der Waals surface area contributed by atoms with Crippen LogP contribution in [0.4, 0.5) is 0 Å². The molecule has 2 unspecified atom stereocenters. The third kappa shape index (κ3) is 37.5. The molecule has 0 aliphatic heterocycles. The highest BCUT2D eigenvalue weighted by Gasteiger charge is 2.25. The summed E-state index contributed by atoms with van der Waals surface area (Å²) >= 11 is 0. The van der Waals surface area contributed by atoms with Gasteiger partial charge in [0.05, 0.1) is 13.2 Å². The Bertz CT molecular complexity index is 1040. The molecule has 0 radical (unpaired) electrons. The lowest BCUT2D eigenvalue weighted by Crippen LogP contribution is -2.29. The first-order chi connectivity index (χ1) is 25.3. The van der Waals surface area contributed by atoms with Crippen LogP contribution in [0.1, 0.15) is 162 Å². The maximum absolute atomic E-state index is 12.5. The molecule has 0 saturated carbocycles. The number of unbranched alkanes of at least 4 members (excludes halogenated alkanes) is 18. The van der Waals surface area contributed by atoms with E-state index in [4.69, 9.17) is 24.3 Å². The van der Waals surface area contributed by atoms with E-state index in [1.54, 1.807) is 0 Å². The Kier molecular flexibility index (Phi) is 36.7. The second kappa shape index (κ2) is 38.4. The van der Waals surface area contributed by atoms with Crippen molar-refractivity contribution >= 4 is 19.8 Å². The van der Waals surface area contributed by atoms with E-state index >= 15 is 0 Å². The molecule has 0 spiro atoms. The van der Waals surface area contributed by atoms with E-state index in [2.05, 4.69) is 19.9 Å². The predicted octanol–water partition coefficient (Wildman–Crippen LogP) is 11.3. The van der Waals surface area contributed by atoms with Gasteiger partial charge < -0.3 is 20.1 Å². The summed E-state index contributed by atoms with van der Waals surface area (Å²) in [5.74, 6) is -0.916. The van der Waals surface area contributed by atoms with Crippen molar-refractivity contribution in [3.63, 3.8) is 0 Å². The Morgan fingerprint density at radius 1 is 0.596 bits per heavy atom. The molecule has 0 saturated heterocycles. The van der Waals surface area contributed by atoms with E-state index in [1.807, 2.05) is 54.7 Å². The van der Waals surface area contributed by atoms with Crippen molar-refractivity contribution < 1.29 is 37.6 Å². The minimum absolute atomic E-state index is 0.0403. The summed E-state index contributed by atoms with van der Waals surface area (Å²) in [6.07, 6.45) is 44.1. The van der Waals surface area contributed by atoms with Crippen molar-refractivity contribution in [1.29, 1.82) is 0 Å². The maximum atomic E-state index is 12.5. The van der Waals surface area contributed by atoms with E-state index in [-0.39, 0.29) is 32.6 Å². The molecule has 0 aromatic carbocycles. The second-order valence-electron chi connectivity index (χ2n) is 13.3. The van der Waals surface area contributed by atoms with E-state index in [0.29, 0.717) is 12.8 Å². The SMILES string of the molecule is CC/C=C/C=C/C=C/C=C/C=C/CCCC(=O)OC(COC(=O)CCCCCCCCCCCCCCCCCCCC)COP(=O)(O)OCCN. The first-order valence-corrected chi connectivity index (χ1v) is 21.8. The van der Waals surface area contributed by atoms with Crippen LogP contribution in [0.3, 0.4) is 0 Å². The van der Waals surface area contributed by atoms with Crippen molar-refractivity contribution in [2.75, 3.05) is 26.4 Å². The molecular formula is C42H74NO8P. The molecule has 0 aliphatic carbocycles. The molecule has 0 aliphatic rings. The lowest BCUT2D eigenvalue weighted by molar-refractivity contribution is -0.161. The number of hydrogen-bond donors (Lipinski definition) is 2. The van der Waals surface area contributed by atoms with Crippen molar-refractivity contribution in [2.45, 2.75) is 168 Å². The molecule has 10 heteroatoms. The van der Waals surface area contributed by atoms with Crippen molar-refractivity contribution in [3.05, 3.63) is 60.8 Å². The summed E-state index contributed by atoms with van der Waals surface area (Å²) in [4.78, 5) is 34.7. The number of carbonyl (C=O) groups is 2. The summed E-state index contributed by atoms with van der Waals surface area (Å²) in [5, 5.41) is 0. The fourth-order valence-corrected chi connectivity index (χ4v) is 6.08. The molecule has 0 fully saturated rings. The van der Waals surface area contributed by atoms with Gasteiger partial charge in [-0.15, -0.1) is 0 Å². The summed E-state index contributed by atoms with van der Waals surface area (Å²) in [6, 6.07) is 0. The number of carbonyl (C=O) groups excluding carboxylic acids is 2. The van der Waals surface area contributed by atoms with Gasteiger partial charge in [0, 0.05) is 19.4 Å². The van der Waals surface area contributed by atoms with Gasteiger partial charge in [0.2, 0.25) is 0 Å². The third-order valence-electron chi connectivity index (χ3n) is 8.30. The average Bonchev–Trinajstić information content (AvgIpc) is 3.13. The molecule has 9 nitrogen and oxygen atoms in total. The maximum Gasteiger partial charge on any atom is 0.472 e. The standard InChI is InChI=1S/C42H74NO8P/c1-3-5-7-9-11-13-15-17-18-19-20-21-23-24-26-28-30-32-34-41(44)48-38-40(39-50-52(46,47)49-37-36-43)51-42(45)35-33-31-29-27-25-22-16-14-12-10-8-6-4-2/h6,8,10,12,14,16,22,25,27,29,40H,3-5,7,9,11,13,15,17-21,23-24,26,28,30-39,43H2,1-2H3,(H,46,47)/b8-6+,12-10+,16-14+,25-22+,29-27+. The van der Waals surface area contributed by atoms with Crippen molar-refractivity contribution in [1.82, 2.24) is 0 Å². The van der Waals surface area contributed by atoms with Crippen LogP contribution in [0.2, 0.25) is 0 Å². The lowest BCUT2D eigenvalue weighted by atomic mass is 10.0. The van der Waals surface area contributed by atoms with Crippen LogP contribution in [0.15, 0.2) is 60.8 Å². The number of phosphoric acid groups is 1. The number of nitrogens with two attached hydrogens (primary N) is 1. The number of allylic oxidation sites excluding steroid dienone is 10. The van der Waals surface area contributed by atoms with Crippen LogP contribution in [0, 0.1) is 0 Å². The van der Waals surface area contributed by atoms with Crippen LogP contribution in [0.25, 0.3) is 0 Å². The molecule has 2 atom stereocenters. The molecule has 0 heterocycles. The summed E-state index contributed by atoms with van der Waals surface area (Å²) < 4.78 is 32.6. The number of ether oxygens (including phenoxy) is 2. The van der Waals surface area contributed by atoms with Gasteiger partial charge in [-0.05, 0) is 25.7 Å². The van der Waals surface area contributed by atoms with E-state index in [0.717, 1.165) is 25.7 Å². The van der Waals surface area contributed by atoms with Gasteiger partial charge in [-0.25, -0.2) is 4.57 Å². The van der Waals surface area contributed by atoms with Gasteiger partial charge in [0.25, 0.3) is 0 Å². The van der Waals surface area contributed by atoms with Crippen molar-refractivity contribution in [3.8, 4) is 0 Å². The monoisotopic (exact) mass is 752 g/mol. The zero-order valence-electron chi connectivity index (χ0n) is 32.8. The normalized spacial score (nSPS) is 14.0. The zero-order chi connectivity index (χ0) is 38.2. The summed E-state index contributed by atoms with van der Waals surface area (Å²) in [5.41, 5.74) is 5.33. The van der Waals surface area contributed by atoms with Gasteiger partial charge in [0.1, 0.15) is 6.61 Å². The van der Waals surface area contributed by atoms with Crippen LogP contribution in [-0.2, 0) is 32.7 Å². The highest BCUT2D eigenvalue weighted by Crippen LogP contribution is 2.43. The Morgan fingerprint density at radius 2 is 1.06 bits per heavy atom. The third-order valence-corrected chi connectivity index (χ3v) is 9.28. The zero-order valence-corrected chi connectivity index (χ0v) is 33.7. The van der Waals surface area contributed by atoms with Crippen molar-refractivity contribution in [2.24, 2.45) is 5.73 Å². The molecule has 0 rings (SSSR count). The van der Waals surface area contributed by atoms with Crippen LogP contribution in [0.5, 0.6) is 0 Å². The van der Waals surface area contributed by atoms with Gasteiger partial charge >= 0.3 is 19.8 Å². The van der Waals surface area contributed by atoms with Crippen LogP contribution in [-0.4, -0.2) is 49.3 Å². The highest BCUT2D eigenvalue weighted by atomic mass is 31.2. The first-order valence-electron chi connectivity index (χ1n) is 20.3. The molecule has 3 N–H and O–H groups in total. The Hall–Kier alpha value is -2.29. The molecule has 0 bridgehead atoms. The fraction of sp³-hybridized carbons (Fsp3) is 0.714. The fourth-order valence-electron chi connectivity index (χ4n) is 5.31. The number of rotatable bonds is 37. The van der Waals surface area contributed by atoms with Gasteiger partial charge in [-0.3, -0.25) is 18.6 Å². The Labute approximate surface area is 317 Å². The van der Waals surface area contributed by atoms with Crippen LogP contribution >= 0.6 is 7.82 Å². The largest absolute Gasteiger partial charge is 0.472 e. The smallest absolute Gasteiger partial charge is 0.462 e. The Balaban J connectivity index is 4.23. The number of hydrogen-bond acceptors (Lipinski definition) is 8. The van der Waals surface area contributed by atoms with Gasteiger partial charge in [0.15, 0.2) is 6.10 Å². The topological polar surface area (TPSA) is 134 Å². The van der Waals surface area contributed by atoms with Gasteiger partial charge in [-0.1, -0.05) is 184 Å². The Morgan fingerprint density at radius 3 is 1.56 bits per heavy atom. The van der Waals surface area contributed by atoms with Crippen LogP contribution < -0.4 is 5.73 Å². The molecule has 0 aromatic rings. The predicted molar refractivity (Wildman–Crippen MR) is 215 cm³/mol. The highest BCUT2D eigenvalue weighted by molar-refractivity contribution is 7.47. The first kappa shape index (κ1) is 49.7. The molecule has 0 aromatic heterocycles. The second-order valence-corrected chi connectivity index (χ2v) is 14.7. The van der Waals surface area contributed by atoms with E-state index in [9.17, 15) is 19.0 Å².